The van der Waals surface area contributed by atoms with Gasteiger partial charge >= 0.3 is 51.4 Å². The Morgan fingerprint density at radius 3 is 1.79 bits per heavy atom. The number of nitrogens with zero attached hydrogens (tertiary/aromatic N) is 1. The van der Waals surface area contributed by atoms with Gasteiger partial charge in [0, 0.05) is 17.5 Å². The van der Waals surface area contributed by atoms with E-state index in [1.807, 2.05) is 12.1 Å². The molecule has 1 amide bonds. The molecule has 0 fully saturated rings. The summed E-state index contributed by atoms with van der Waals surface area (Å²) in [7, 11) is 0. The summed E-state index contributed by atoms with van der Waals surface area (Å²) in [5.74, 6) is 1.29. The molecule has 38 heavy (non-hydrogen) atoms. The molecule has 1 heterocycles. The van der Waals surface area contributed by atoms with Crippen molar-refractivity contribution in [2.45, 2.75) is 117 Å². The number of phenolic OH excluding ortho intramolecular Hbond substituents is 1. The molecule has 0 saturated carbocycles. The van der Waals surface area contributed by atoms with E-state index in [-0.39, 0.29) is 79.1 Å². The summed E-state index contributed by atoms with van der Waals surface area (Å²) in [6.07, 6.45) is 1.71. The second-order valence-electron chi connectivity index (χ2n) is 14.1. The summed E-state index contributed by atoms with van der Waals surface area (Å²) >= 11 is 0. The predicted molar refractivity (Wildman–Crippen MR) is 153 cm³/mol. The standard InChI is InChI=1S/C32H47N2O3.K/c1-29(2,3)22-16-20(17-23(27(22)36)30(4,5)6)12-13-26(35)34-33-15-14-21-18-24(31(7,8)9)28-25(19-21)32(10,11)37-28;/h16-19,36H,12-15H2,1-11H3,(H,34,35);/q-1;+1. The van der Waals surface area contributed by atoms with Gasteiger partial charge in [0.1, 0.15) is 17.1 Å². The monoisotopic (exact) mass is 546 g/mol. The average molecular weight is 547 g/mol. The fourth-order valence-electron chi connectivity index (χ4n) is 4.84. The molecule has 5 nitrogen and oxygen atoms in total. The Kier molecular flexibility index (Phi) is 10.4. The molecule has 0 aromatic heterocycles. The van der Waals surface area contributed by atoms with Crippen molar-refractivity contribution in [1.82, 2.24) is 5.43 Å². The van der Waals surface area contributed by atoms with Crippen molar-refractivity contribution in [3.63, 3.8) is 0 Å². The molecular weight excluding hydrogens is 499 g/mol. The molecule has 0 saturated heterocycles. The summed E-state index contributed by atoms with van der Waals surface area (Å²) < 4.78 is 6.07. The van der Waals surface area contributed by atoms with Crippen molar-refractivity contribution in [2.24, 2.45) is 0 Å². The van der Waals surface area contributed by atoms with Crippen LogP contribution in [0.15, 0.2) is 24.3 Å². The van der Waals surface area contributed by atoms with E-state index in [4.69, 9.17) is 4.74 Å². The predicted octanol–water partition coefficient (Wildman–Crippen LogP) is 4.50. The smallest absolute Gasteiger partial charge is 0.568 e. The number of carbonyl (C=O) groups is 1. The summed E-state index contributed by atoms with van der Waals surface area (Å²) in [5, 5.41) is 10.9. The van der Waals surface area contributed by atoms with E-state index in [0.717, 1.165) is 28.9 Å². The van der Waals surface area contributed by atoms with Crippen molar-refractivity contribution < 1.29 is 66.0 Å². The Balaban J connectivity index is 0.00000507. The molecule has 2 N–H and O–H groups in total. The Labute approximate surface area is 273 Å². The zero-order valence-electron chi connectivity index (χ0n) is 25.8. The van der Waals surface area contributed by atoms with Crippen LogP contribution in [0.1, 0.15) is 116 Å². The second-order valence-corrected chi connectivity index (χ2v) is 14.1. The van der Waals surface area contributed by atoms with E-state index < -0.39 is 0 Å². The van der Waals surface area contributed by atoms with Crippen LogP contribution in [-0.2, 0) is 39.5 Å². The fourth-order valence-corrected chi connectivity index (χ4v) is 4.84. The van der Waals surface area contributed by atoms with Crippen LogP contribution < -0.4 is 61.5 Å². The van der Waals surface area contributed by atoms with E-state index in [9.17, 15) is 9.90 Å². The third-order valence-electron chi connectivity index (χ3n) is 7.11. The minimum atomic E-state index is -0.259. The molecule has 1 aliphatic rings. The van der Waals surface area contributed by atoms with E-state index in [0.29, 0.717) is 25.1 Å². The second kappa shape index (κ2) is 11.9. The number of hydrogen-bond donors (Lipinski definition) is 2. The van der Waals surface area contributed by atoms with Gasteiger partial charge in [-0.25, -0.2) is 0 Å². The van der Waals surface area contributed by atoms with Gasteiger partial charge in [0.05, 0.1) is 0 Å². The summed E-state index contributed by atoms with van der Waals surface area (Å²) in [4.78, 5) is 12.6. The van der Waals surface area contributed by atoms with E-state index in [2.05, 4.69) is 99.1 Å². The minimum absolute atomic E-state index is 0. The molecule has 0 radical (unpaired) electrons. The van der Waals surface area contributed by atoms with Crippen LogP contribution >= 0.6 is 0 Å². The van der Waals surface area contributed by atoms with Crippen molar-refractivity contribution in [3.8, 4) is 11.5 Å². The number of benzene rings is 2. The number of hydrogen-bond acceptors (Lipinski definition) is 3. The fraction of sp³-hybridized carbons (Fsp3) is 0.594. The molecule has 3 rings (SSSR count). The molecule has 0 unspecified atom stereocenters. The van der Waals surface area contributed by atoms with E-state index in [1.54, 1.807) is 0 Å². The van der Waals surface area contributed by atoms with Gasteiger partial charge in [-0.1, -0.05) is 80.5 Å². The number of fused-ring (bicyclic) bond motifs is 1. The van der Waals surface area contributed by atoms with Crippen LogP contribution in [0, 0.1) is 0 Å². The maximum atomic E-state index is 12.6. The third kappa shape index (κ3) is 7.85. The number of carbonyl (C=O) groups excluding carboxylic acids is 1. The van der Waals surface area contributed by atoms with Gasteiger partial charge in [0.15, 0.2) is 0 Å². The minimum Gasteiger partial charge on any atom is -0.568 e. The maximum Gasteiger partial charge on any atom is 1.00 e. The first kappa shape index (κ1) is 33.3. The summed E-state index contributed by atoms with van der Waals surface area (Å²) in [5.41, 5.74) is 13.0. The first-order chi connectivity index (χ1) is 16.8. The number of ether oxygens (including phenoxy) is 1. The Morgan fingerprint density at radius 2 is 1.32 bits per heavy atom. The van der Waals surface area contributed by atoms with Crippen LogP contribution in [-0.4, -0.2) is 17.6 Å². The molecule has 6 heteroatoms. The molecule has 1 aliphatic heterocycles. The first-order valence-electron chi connectivity index (χ1n) is 13.5. The molecule has 0 aliphatic carbocycles. The molecule has 0 bridgehead atoms. The molecule has 0 spiro atoms. The van der Waals surface area contributed by atoms with Gasteiger partial charge in [0.25, 0.3) is 0 Å². The van der Waals surface area contributed by atoms with Crippen molar-refractivity contribution >= 4 is 5.91 Å². The zero-order valence-corrected chi connectivity index (χ0v) is 29.0. The number of phenols is 1. The van der Waals surface area contributed by atoms with Gasteiger partial charge in [-0.15, -0.1) is 6.54 Å². The number of aromatic hydroxyl groups is 1. The van der Waals surface area contributed by atoms with E-state index in [1.165, 1.54) is 16.7 Å². The van der Waals surface area contributed by atoms with Crippen molar-refractivity contribution in [1.29, 1.82) is 0 Å². The Morgan fingerprint density at radius 1 is 0.842 bits per heavy atom. The number of nitrogens with one attached hydrogen (secondary N) is 1. The topological polar surface area (TPSA) is 72.7 Å². The van der Waals surface area contributed by atoms with Gasteiger partial charge in [-0.3, -0.25) is 4.79 Å². The first-order valence-corrected chi connectivity index (χ1v) is 13.5. The van der Waals surface area contributed by atoms with Crippen LogP contribution in [0.3, 0.4) is 0 Å². The molecule has 0 atom stereocenters. The largest absolute Gasteiger partial charge is 1.00 e. The molecule has 2 aromatic rings. The SMILES string of the molecule is CC(C)(C)c1cc(CCC(=O)N[N-]CCc2cc(C(C)(C)C)c3c(c2)C(C)(C)O3)cc(C(C)(C)C)c1O.[K+]. The quantitative estimate of drug-likeness (QED) is 0.305. The van der Waals surface area contributed by atoms with Crippen LogP contribution in [0.4, 0.5) is 0 Å². The third-order valence-corrected chi connectivity index (χ3v) is 7.11. The Hall–Kier alpha value is -0.894. The number of aryl methyl sites for hydroxylation is 1. The van der Waals surface area contributed by atoms with Gasteiger partial charge < -0.3 is 20.7 Å². The van der Waals surface area contributed by atoms with Crippen molar-refractivity contribution in [2.75, 3.05) is 6.54 Å². The molecule has 2 aromatic carbocycles. The average Bonchev–Trinajstić information content (AvgIpc) is 2.73. The van der Waals surface area contributed by atoms with Gasteiger partial charge in [0.2, 0.25) is 5.91 Å². The zero-order chi connectivity index (χ0) is 28.0. The van der Waals surface area contributed by atoms with Crippen LogP contribution in [0.5, 0.6) is 11.5 Å². The molecule has 204 valence electrons. The maximum absolute atomic E-state index is 12.6. The van der Waals surface area contributed by atoms with Crippen LogP contribution in [0.25, 0.3) is 5.43 Å². The summed E-state index contributed by atoms with van der Waals surface area (Å²) in [6.45, 7) is 23.9. The van der Waals surface area contributed by atoms with Crippen molar-refractivity contribution in [3.05, 3.63) is 63.1 Å². The van der Waals surface area contributed by atoms with E-state index >= 15 is 0 Å². The van der Waals surface area contributed by atoms with Gasteiger partial charge in [-0.2, -0.15) is 0 Å². The normalized spacial score (nSPS) is 14.6. The number of amides is 1. The Bertz CT molecular complexity index is 1130. The summed E-state index contributed by atoms with van der Waals surface area (Å²) in [6, 6.07) is 8.52. The van der Waals surface area contributed by atoms with Gasteiger partial charge in [-0.05, 0) is 71.3 Å². The van der Waals surface area contributed by atoms with Crippen LogP contribution in [0.2, 0.25) is 0 Å². The molecular formula is C32H47KN2O3. The number of rotatable bonds is 7.